The van der Waals surface area contributed by atoms with Crippen LogP contribution in [-0.2, 0) is 0 Å². The van der Waals surface area contributed by atoms with Gasteiger partial charge in [0, 0.05) is 0 Å². The van der Waals surface area contributed by atoms with Crippen LogP contribution in [0.3, 0.4) is 0 Å². The summed E-state index contributed by atoms with van der Waals surface area (Å²) >= 11 is 0. The Balaban J connectivity index is 2.22. The van der Waals surface area contributed by atoms with Gasteiger partial charge in [-0.25, -0.2) is 0 Å². The van der Waals surface area contributed by atoms with E-state index in [0.29, 0.717) is 12.8 Å². The molecule has 1 unspecified atom stereocenters. The van der Waals surface area contributed by atoms with Gasteiger partial charge in [0.1, 0.15) is 5.75 Å². The third-order valence-electron chi connectivity index (χ3n) is 3.40. The molecule has 1 aliphatic carbocycles. The molecular formula is C13H12F3NO2. The lowest BCUT2D eigenvalue weighted by molar-refractivity contribution is -0.274. The average Bonchev–Trinajstić information content (AvgIpc) is 2.26. The fourth-order valence-electron chi connectivity index (χ4n) is 2.20. The molecule has 1 aliphatic rings. The quantitative estimate of drug-likeness (QED) is 0.917. The smallest absolute Gasteiger partial charge is 0.406 e. The minimum atomic E-state index is -4.77. The van der Waals surface area contributed by atoms with Crippen molar-refractivity contribution in [2.75, 3.05) is 0 Å². The molecule has 6 heteroatoms. The van der Waals surface area contributed by atoms with Crippen molar-refractivity contribution in [2.45, 2.75) is 31.7 Å². The van der Waals surface area contributed by atoms with Crippen molar-refractivity contribution in [3.05, 3.63) is 29.8 Å². The lowest BCUT2D eigenvalue weighted by Crippen LogP contribution is -2.34. The summed E-state index contributed by atoms with van der Waals surface area (Å²) in [6.07, 6.45) is -3.93. The van der Waals surface area contributed by atoms with Crippen LogP contribution in [0.2, 0.25) is 0 Å². The van der Waals surface area contributed by atoms with Crippen LogP contribution in [0.4, 0.5) is 13.2 Å². The number of benzene rings is 1. The highest BCUT2D eigenvalue weighted by atomic mass is 19.4. The van der Waals surface area contributed by atoms with Crippen molar-refractivity contribution < 1.29 is 23.0 Å². The van der Waals surface area contributed by atoms with E-state index in [1.807, 2.05) is 0 Å². The SMILES string of the molecule is N#CC1(C(O)c2cccc(OC(F)(F)F)c2)CCC1. The number of ether oxygens (including phenoxy) is 1. The van der Waals surface area contributed by atoms with Crippen molar-refractivity contribution >= 4 is 0 Å². The normalized spacial score (nSPS) is 19.1. The number of alkyl halides is 3. The summed E-state index contributed by atoms with van der Waals surface area (Å²) in [7, 11) is 0. The van der Waals surface area contributed by atoms with Gasteiger partial charge in [-0.15, -0.1) is 13.2 Å². The van der Waals surface area contributed by atoms with E-state index >= 15 is 0 Å². The first-order valence-electron chi connectivity index (χ1n) is 5.81. The van der Waals surface area contributed by atoms with E-state index in [4.69, 9.17) is 5.26 Å². The molecule has 1 atom stereocenters. The third-order valence-corrected chi connectivity index (χ3v) is 3.40. The summed E-state index contributed by atoms with van der Waals surface area (Å²) in [5.74, 6) is -0.392. The zero-order chi connectivity index (χ0) is 14.1. The second-order valence-electron chi connectivity index (χ2n) is 4.64. The highest BCUT2D eigenvalue weighted by Crippen LogP contribution is 2.50. The van der Waals surface area contributed by atoms with Crippen LogP contribution < -0.4 is 4.74 Å². The maximum Gasteiger partial charge on any atom is 0.573 e. The molecule has 1 N–H and O–H groups in total. The predicted octanol–water partition coefficient (Wildman–Crippen LogP) is 3.31. The van der Waals surface area contributed by atoms with Crippen molar-refractivity contribution in [1.29, 1.82) is 5.26 Å². The van der Waals surface area contributed by atoms with E-state index in [0.717, 1.165) is 18.6 Å². The predicted molar refractivity (Wildman–Crippen MR) is 60.0 cm³/mol. The molecule has 19 heavy (non-hydrogen) atoms. The molecule has 102 valence electrons. The van der Waals surface area contributed by atoms with Crippen molar-refractivity contribution in [2.24, 2.45) is 5.41 Å². The summed E-state index contributed by atoms with van der Waals surface area (Å²) in [6, 6.07) is 7.20. The Morgan fingerprint density at radius 2 is 2.05 bits per heavy atom. The van der Waals surface area contributed by atoms with Gasteiger partial charge >= 0.3 is 6.36 Å². The maximum absolute atomic E-state index is 12.1. The molecule has 0 aliphatic heterocycles. The molecule has 1 saturated carbocycles. The van der Waals surface area contributed by atoms with Crippen LogP contribution in [0.5, 0.6) is 5.75 Å². The van der Waals surface area contributed by atoms with E-state index < -0.39 is 23.6 Å². The Kier molecular flexibility index (Phi) is 3.42. The highest BCUT2D eigenvalue weighted by Gasteiger charge is 2.44. The number of hydrogen-bond acceptors (Lipinski definition) is 3. The van der Waals surface area contributed by atoms with Crippen LogP contribution >= 0.6 is 0 Å². The Morgan fingerprint density at radius 3 is 2.53 bits per heavy atom. The third kappa shape index (κ3) is 2.82. The van der Waals surface area contributed by atoms with Gasteiger partial charge in [0.15, 0.2) is 0 Å². The number of halogens is 3. The van der Waals surface area contributed by atoms with Gasteiger partial charge in [-0.1, -0.05) is 18.6 Å². The van der Waals surface area contributed by atoms with Crippen molar-refractivity contribution in [1.82, 2.24) is 0 Å². The Bertz CT molecular complexity index is 503. The van der Waals surface area contributed by atoms with E-state index in [1.165, 1.54) is 12.1 Å². The Labute approximate surface area is 108 Å². The molecule has 0 heterocycles. The standard InChI is InChI=1S/C13H12F3NO2/c14-13(15,16)19-10-4-1-3-9(7-10)11(18)12(8-17)5-2-6-12/h1,3-4,7,11,18H,2,5-6H2. The summed E-state index contributed by atoms with van der Waals surface area (Å²) in [5.41, 5.74) is -0.611. The zero-order valence-electron chi connectivity index (χ0n) is 9.94. The molecule has 1 fully saturated rings. The molecule has 0 radical (unpaired) electrons. The molecule has 3 nitrogen and oxygen atoms in total. The number of rotatable bonds is 3. The number of aliphatic hydroxyl groups is 1. The Hall–Kier alpha value is -1.74. The van der Waals surface area contributed by atoms with E-state index in [2.05, 4.69) is 10.8 Å². The topological polar surface area (TPSA) is 53.2 Å². The van der Waals surface area contributed by atoms with Crippen molar-refractivity contribution in [3.63, 3.8) is 0 Å². The van der Waals surface area contributed by atoms with Crippen molar-refractivity contribution in [3.8, 4) is 11.8 Å². The molecule has 0 spiro atoms. The molecule has 0 bridgehead atoms. The van der Waals surface area contributed by atoms with Gasteiger partial charge in [0.2, 0.25) is 0 Å². The second kappa shape index (κ2) is 4.74. The fourth-order valence-corrected chi connectivity index (χ4v) is 2.20. The second-order valence-corrected chi connectivity index (χ2v) is 4.64. The van der Waals surface area contributed by atoms with Gasteiger partial charge in [0.05, 0.1) is 17.6 Å². The lowest BCUT2D eigenvalue weighted by Gasteiger charge is -2.39. The monoisotopic (exact) mass is 271 g/mol. The van der Waals surface area contributed by atoms with Crippen LogP contribution in [0.15, 0.2) is 24.3 Å². The minimum absolute atomic E-state index is 0.267. The van der Waals surface area contributed by atoms with E-state index in [9.17, 15) is 18.3 Å². The van der Waals surface area contributed by atoms with Gasteiger partial charge in [0.25, 0.3) is 0 Å². The van der Waals surface area contributed by atoms with Crippen LogP contribution in [0.1, 0.15) is 30.9 Å². The number of aliphatic hydroxyl groups excluding tert-OH is 1. The minimum Gasteiger partial charge on any atom is -0.406 e. The van der Waals surface area contributed by atoms with Crippen LogP contribution in [0.25, 0.3) is 0 Å². The number of nitrogens with zero attached hydrogens (tertiary/aromatic N) is 1. The fraction of sp³-hybridized carbons (Fsp3) is 0.462. The molecule has 0 amide bonds. The first kappa shape index (κ1) is 13.7. The number of hydrogen-bond donors (Lipinski definition) is 1. The lowest BCUT2D eigenvalue weighted by atomic mass is 9.65. The molecular weight excluding hydrogens is 259 g/mol. The van der Waals surface area contributed by atoms with Crippen LogP contribution in [0, 0.1) is 16.7 Å². The van der Waals surface area contributed by atoms with Gasteiger partial charge in [-0.05, 0) is 30.5 Å². The first-order chi connectivity index (χ1) is 8.86. The Morgan fingerprint density at radius 1 is 1.37 bits per heavy atom. The molecule has 1 aromatic rings. The number of nitriles is 1. The van der Waals surface area contributed by atoms with Crippen LogP contribution in [-0.4, -0.2) is 11.5 Å². The first-order valence-corrected chi connectivity index (χ1v) is 5.81. The average molecular weight is 271 g/mol. The largest absolute Gasteiger partial charge is 0.573 e. The van der Waals surface area contributed by atoms with Gasteiger partial charge < -0.3 is 9.84 Å². The highest BCUT2D eigenvalue weighted by molar-refractivity contribution is 5.32. The summed E-state index contributed by atoms with van der Waals surface area (Å²) in [4.78, 5) is 0. The molecule has 0 saturated heterocycles. The molecule has 1 aromatic carbocycles. The van der Waals surface area contributed by atoms with E-state index in [-0.39, 0.29) is 5.56 Å². The summed E-state index contributed by atoms with van der Waals surface area (Å²) in [5, 5.41) is 19.3. The van der Waals surface area contributed by atoms with E-state index in [1.54, 1.807) is 0 Å². The van der Waals surface area contributed by atoms with Gasteiger partial charge in [-0.2, -0.15) is 5.26 Å². The molecule has 0 aromatic heterocycles. The zero-order valence-corrected chi connectivity index (χ0v) is 9.94. The van der Waals surface area contributed by atoms with Gasteiger partial charge in [-0.3, -0.25) is 0 Å². The summed E-state index contributed by atoms with van der Waals surface area (Å²) < 4.78 is 40.1. The maximum atomic E-state index is 12.1. The molecule has 2 rings (SSSR count). The summed E-state index contributed by atoms with van der Waals surface area (Å²) in [6.45, 7) is 0.